The highest BCUT2D eigenvalue weighted by atomic mass is 16.8. The van der Waals surface area contributed by atoms with E-state index in [1.807, 2.05) is 0 Å². The van der Waals surface area contributed by atoms with Crippen molar-refractivity contribution < 1.29 is 153 Å². The first-order valence-electron chi connectivity index (χ1n) is 24.1. The van der Waals surface area contributed by atoms with Gasteiger partial charge in [0.2, 0.25) is 17.7 Å². The molecule has 76 heavy (non-hydrogen) atoms. The van der Waals surface area contributed by atoms with Crippen molar-refractivity contribution >= 4 is 17.7 Å². The van der Waals surface area contributed by atoms with E-state index in [0.29, 0.717) is 0 Å². The minimum absolute atomic E-state index is 0.719. The van der Waals surface area contributed by atoms with Crippen molar-refractivity contribution in [3.05, 3.63) is 0 Å². The minimum atomic E-state index is -2.28. The van der Waals surface area contributed by atoms with Gasteiger partial charge in [-0.15, -0.1) is 0 Å². The maximum atomic E-state index is 12.6. The molecule has 3 amide bonds. The summed E-state index contributed by atoms with van der Waals surface area (Å²) >= 11 is 0. The van der Waals surface area contributed by atoms with Crippen LogP contribution < -0.4 is 16.0 Å². The van der Waals surface area contributed by atoms with E-state index in [0.717, 1.165) is 20.8 Å². The average molecular weight is 1110 g/mol. The number of carbonyl (C=O) groups excluding carboxylic acids is 3. The molecule has 30 atom stereocenters. The molecule has 0 aromatic heterocycles. The predicted molar refractivity (Wildman–Crippen MR) is 234 cm³/mol. The molecule has 0 aliphatic carbocycles. The highest BCUT2D eigenvalue weighted by Crippen LogP contribution is 2.36. The van der Waals surface area contributed by atoms with E-state index in [9.17, 15) is 101 Å². The molecule has 0 saturated carbocycles. The van der Waals surface area contributed by atoms with E-state index in [1.54, 1.807) is 0 Å². The molecule has 6 heterocycles. The van der Waals surface area contributed by atoms with Crippen molar-refractivity contribution in [3.63, 3.8) is 0 Å². The standard InChI is InChI=1S/C42H71N3O31/c1-10(51)43-19-27(59)33(16(7-49)67-37(19)65)73-39-21(45-12(3)53)28(60)34(17(8-50)71-39)74-42-32(64)36(76-41-30(62)29(61)23(55)14(5-47)70-41)25(57)18(72-42)9-66-40-31(63)35(24(56)15(6-48)69-40)75-38-20(44-11(2)52)26(58)22(54)13(4-46)68-38/h13-42,46-50,54-65H,4-9H2,1-3H3,(H,43,51)(H,44,52)(H,45,53)/t13-,14-,15-,16-,17-,18-,19-,20-,21-,22-,23-,24-,25-,26-,27-,28-,29+,30+,31+,32+,33-,34-,35+,36+,37-,38-,39+,40+,41-,42+/m1/s1. The summed E-state index contributed by atoms with van der Waals surface area (Å²) in [6.45, 7) is -2.60. The van der Waals surface area contributed by atoms with Gasteiger partial charge in [-0.25, -0.2) is 0 Å². The topological polar surface area (TPSA) is 533 Å². The van der Waals surface area contributed by atoms with Crippen molar-refractivity contribution in [3.8, 4) is 0 Å². The largest absolute Gasteiger partial charge is 0.394 e. The van der Waals surface area contributed by atoms with Gasteiger partial charge in [0.05, 0.1) is 39.6 Å². The molecule has 6 aliphatic rings. The zero-order chi connectivity index (χ0) is 56.2. The van der Waals surface area contributed by atoms with Crippen LogP contribution in [0.1, 0.15) is 20.8 Å². The fraction of sp³-hybridized carbons (Fsp3) is 0.929. The molecule has 0 aromatic rings. The lowest BCUT2D eigenvalue weighted by Crippen LogP contribution is -2.70. The monoisotopic (exact) mass is 1110 g/mol. The molecule has 0 unspecified atom stereocenters. The molecular formula is C42H71N3O31. The molecule has 34 nitrogen and oxygen atoms in total. The average Bonchev–Trinajstić information content (AvgIpc) is 3.37. The molecule has 0 spiro atoms. The van der Waals surface area contributed by atoms with Gasteiger partial charge >= 0.3 is 0 Å². The second kappa shape index (κ2) is 27.2. The van der Waals surface area contributed by atoms with E-state index in [4.69, 9.17) is 52.1 Å². The number of ether oxygens (including phenoxy) is 11. The molecule has 440 valence electrons. The third-order valence-corrected chi connectivity index (χ3v) is 13.6. The Balaban J connectivity index is 1.27. The van der Waals surface area contributed by atoms with Crippen LogP contribution in [-0.2, 0) is 66.5 Å². The zero-order valence-corrected chi connectivity index (χ0v) is 40.9. The highest BCUT2D eigenvalue weighted by molar-refractivity contribution is 5.74. The normalized spacial score (nSPS) is 48.2. The maximum absolute atomic E-state index is 12.6. The molecule has 6 saturated heterocycles. The molecule has 6 fully saturated rings. The summed E-state index contributed by atoms with van der Waals surface area (Å²) in [5.41, 5.74) is 0. The summed E-state index contributed by atoms with van der Waals surface area (Å²) in [6.07, 6.45) is -51.4. The first-order valence-corrected chi connectivity index (χ1v) is 24.1. The predicted octanol–water partition coefficient (Wildman–Crippen LogP) is -13.7. The van der Waals surface area contributed by atoms with Crippen LogP contribution in [0.3, 0.4) is 0 Å². The Labute approximate surface area is 431 Å². The van der Waals surface area contributed by atoms with Gasteiger partial charge < -0.3 is 155 Å². The summed E-state index contributed by atoms with van der Waals surface area (Å²) in [4.78, 5) is 36.6. The molecular weight excluding hydrogens is 1040 g/mol. The van der Waals surface area contributed by atoms with Gasteiger partial charge in [-0.1, -0.05) is 0 Å². The third-order valence-electron chi connectivity index (χ3n) is 13.6. The van der Waals surface area contributed by atoms with Gasteiger partial charge in [0.15, 0.2) is 37.7 Å². The van der Waals surface area contributed by atoms with Crippen LogP contribution in [-0.4, -0.2) is 328 Å². The lowest BCUT2D eigenvalue weighted by Gasteiger charge is -2.50. The highest BCUT2D eigenvalue weighted by Gasteiger charge is 2.57. The maximum Gasteiger partial charge on any atom is 0.217 e. The molecule has 0 aromatic carbocycles. The lowest BCUT2D eigenvalue weighted by molar-refractivity contribution is -0.385. The van der Waals surface area contributed by atoms with Gasteiger partial charge in [-0.05, 0) is 0 Å². The van der Waals surface area contributed by atoms with Crippen LogP contribution in [0.15, 0.2) is 0 Å². The van der Waals surface area contributed by atoms with Gasteiger partial charge in [0.1, 0.15) is 146 Å². The Hall–Kier alpha value is -2.71. The van der Waals surface area contributed by atoms with Crippen molar-refractivity contribution in [1.82, 2.24) is 16.0 Å². The third kappa shape index (κ3) is 13.7. The Morgan fingerprint density at radius 1 is 0.342 bits per heavy atom. The van der Waals surface area contributed by atoms with Crippen molar-refractivity contribution in [2.24, 2.45) is 0 Å². The summed E-state index contributed by atoms with van der Waals surface area (Å²) in [6, 6.07) is -4.88. The Morgan fingerprint density at radius 3 is 1.21 bits per heavy atom. The van der Waals surface area contributed by atoms with Crippen LogP contribution in [0.25, 0.3) is 0 Å². The quantitative estimate of drug-likeness (QED) is 0.0571. The lowest BCUT2D eigenvalue weighted by atomic mass is 9.94. The van der Waals surface area contributed by atoms with Crippen LogP contribution in [0.5, 0.6) is 0 Å². The summed E-state index contributed by atoms with van der Waals surface area (Å²) in [5, 5.41) is 190. The number of carbonyl (C=O) groups is 3. The molecule has 6 aliphatic heterocycles. The Bertz CT molecular complexity index is 1870. The molecule has 6 rings (SSSR count). The van der Waals surface area contributed by atoms with E-state index in [1.165, 1.54) is 0 Å². The van der Waals surface area contributed by atoms with Crippen LogP contribution >= 0.6 is 0 Å². The Kier molecular flexibility index (Phi) is 22.3. The summed E-state index contributed by atoms with van der Waals surface area (Å²) < 4.78 is 63.2. The first kappa shape index (κ1) is 62.5. The van der Waals surface area contributed by atoms with Gasteiger partial charge in [-0.3, -0.25) is 14.4 Å². The molecule has 0 radical (unpaired) electrons. The Morgan fingerprint density at radius 2 is 0.684 bits per heavy atom. The number of rotatable bonds is 19. The number of amides is 3. The number of hydrogen-bond donors (Lipinski definition) is 20. The zero-order valence-electron chi connectivity index (χ0n) is 40.9. The minimum Gasteiger partial charge on any atom is -0.394 e. The first-order chi connectivity index (χ1) is 35.9. The fourth-order valence-electron chi connectivity index (χ4n) is 9.62. The van der Waals surface area contributed by atoms with Crippen LogP contribution in [0.4, 0.5) is 0 Å². The smallest absolute Gasteiger partial charge is 0.217 e. The summed E-state index contributed by atoms with van der Waals surface area (Å²) in [7, 11) is 0. The number of hydrogen-bond acceptors (Lipinski definition) is 31. The van der Waals surface area contributed by atoms with Gasteiger partial charge in [0.25, 0.3) is 0 Å². The second-order valence-corrected chi connectivity index (χ2v) is 19.0. The van der Waals surface area contributed by atoms with E-state index < -0.39 is 241 Å². The van der Waals surface area contributed by atoms with Gasteiger partial charge in [-0.2, -0.15) is 0 Å². The van der Waals surface area contributed by atoms with Crippen molar-refractivity contribution in [1.29, 1.82) is 0 Å². The van der Waals surface area contributed by atoms with E-state index >= 15 is 0 Å². The molecule has 20 N–H and O–H groups in total. The van der Waals surface area contributed by atoms with E-state index in [-0.39, 0.29) is 0 Å². The van der Waals surface area contributed by atoms with Crippen molar-refractivity contribution in [2.75, 3.05) is 39.6 Å². The second-order valence-electron chi connectivity index (χ2n) is 19.0. The number of aliphatic hydroxyl groups excluding tert-OH is 17. The number of aliphatic hydroxyl groups is 17. The molecule has 0 bridgehead atoms. The SMILES string of the molecule is CC(=O)N[C@@H]1[C@@H](O)[C@H](O[C@@H]2O[C@H](CO)[C@@H](O[C@@H]3O[C@H](CO[C@H]4O[C@H](CO)[C@@H](O)[C@H](O[C@H]5O[C@H](CO)[C@@H](O)[C@H](O)[C@H]5NC(C)=O)[C@@H]4O)[C@@H](O)[C@H](O[C@H]4O[C@H](CO)[C@@H](O)[C@H](O)[C@@H]4O)[C@@H]3O)[C@H](O)[C@H]2NC(C)=O)[C@@H](CO)O[C@H]1O. The van der Waals surface area contributed by atoms with Crippen LogP contribution in [0, 0.1) is 0 Å². The van der Waals surface area contributed by atoms with Gasteiger partial charge in [0, 0.05) is 20.8 Å². The van der Waals surface area contributed by atoms with E-state index in [2.05, 4.69) is 16.0 Å². The van der Waals surface area contributed by atoms with Crippen LogP contribution in [0.2, 0.25) is 0 Å². The van der Waals surface area contributed by atoms with Crippen molar-refractivity contribution in [2.45, 2.75) is 205 Å². The number of nitrogens with one attached hydrogen (secondary N) is 3. The molecule has 34 heteroatoms. The fourth-order valence-corrected chi connectivity index (χ4v) is 9.62. The summed E-state index contributed by atoms with van der Waals surface area (Å²) in [5.74, 6) is -2.31.